The highest BCUT2D eigenvalue weighted by Gasteiger charge is 1.91. The Labute approximate surface area is 146 Å². The molecule has 0 N–H and O–H groups in total. The molecule has 0 spiro atoms. The van der Waals surface area contributed by atoms with E-state index in [1.54, 1.807) is 12.4 Å². The van der Waals surface area contributed by atoms with Crippen molar-refractivity contribution in [3.63, 3.8) is 0 Å². The van der Waals surface area contributed by atoms with Crippen LogP contribution < -0.4 is 0 Å². The minimum absolute atomic E-state index is 0.334. The summed E-state index contributed by atoms with van der Waals surface area (Å²) in [6, 6.07) is 15.6. The second-order valence-corrected chi connectivity index (χ2v) is 6.08. The van der Waals surface area contributed by atoms with E-state index in [1.807, 2.05) is 48.5 Å². The number of oxime groups is 2. The molecule has 22 heavy (non-hydrogen) atoms. The normalized spacial score (nSPS) is 11.2. The molecular formula is C16H14Br2N2O2. The summed E-state index contributed by atoms with van der Waals surface area (Å²) in [6.07, 6.45) is 3.30. The van der Waals surface area contributed by atoms with E-state index in [4.69, 9.17) is 9.68 Å². The predicted molar refractivity (Wildman–Crippen MR) is 95.4 cm³/mol. The molecule has 0 atom stereocenters. The van der Waals surface area contributed by atoms with Crippen LogP contribution in [-0.4, -0.2) is 25.6 Å². The molecule has 0 aromatic heterocycles. The lowest BCUT2D eigenvalue weighted by molar-refractivity contribution is 0.0553. The Hall–Kier alpha value is -1.66. The molecule has 0 saturated carbocycles. The smallest absolute Gasteiger partial charge is 0.153 e. The molecule has 0 heterocycles. The Kier molecular flexibility index (Phi) is 7.12. The van der Waals surface area contributed by atoms with Crippen LogP contribution in [-0.2, 0) is 9.68 Å². The van der Waals surface area contributed by atoms with E-state index in [9.17, 15) is 0 Å². The van der Waals surface area contributed by atoms with Crippen LogP contribution in [0.1, 0.15) is 11.1 Å². The topological polar surface area (TPSA) is 43.2 Å². The van der Waals surface area contributed by atoms with Gasteiger partial charge in [-0.1, -0.05) is 66.4 Å². The Bertz CT molecular complexity index is 603. The molecule has 0 radical (unpaired) electrons. The van der Waals surface area contributed by atoms with Crippen LogP contribution in [0.25, 0.3) is 0 Å². The molecule has 0 bridgehead atoms. The lowest BCUT2D eigenvalue weighted by atomic mass is 10.2. The third kappa shape index (κ3) is 6.41. The minimum atomic E-state index is 0.334. The van der Waals surface area contributed by atoms with Crippen LogP contribution in [0.5, 0.6) is 0 Å². The zero-order valence-corrected chi connectivity index (χ0v) is 14.8. The standard InChI is InChI=1S/C16H14Br2N2O2/c17-15-5-1-3-13(9-15)11-19-21-7-8-22-20-12-14-4-2-6-16(18)10-14/h1-6,9-12H,7-8H2/b19-11+,20-12+. The summed E-state index contributed by atoms with van der Waals surface area (Å²) < 4.78 is 2.00. The molecular weight excluding hydrogens is 412 g/mol. The van der Waals surface area contributed by atoms with Crippen LogP contribution in [0.15, 0.2) is 67.8 Å². The fourth-order valence-electron chi connectivity index (χ4n) is 1.55. The molecule has 0 unspecified atom stereocenters. The second-order valence-electron chi connectivity index (χ2n) is 4.25. The zero-order valence-electron chi connectivity index (χ0n) is 11.7. The molecule has 2 aromatic carbocycles. The maximum atomic E-state index is 5.10. The van der Waals surface area contributed by atoms with Gasteiger partial charge in [-0.3, -0.25) is 0 Å². The Morgan fingerprint density at radius 3 is 1.64 bits per heavy atom. The molecule has 0 saturated heterocycles. The second kappa shape index (κ2) is 9.38. The predicted octanol–water partition coefficient (Wildman–Crippen LogP) is 4.61. The van der Waals surface area contributed by atoms with Gasteiger partial charge >= 0.3 is 0 Å². The molecule has 0 fully saturated rings. The van der Waals surface area contributed by atoms with E-state index in [1.165, 1.54) is 0 Å². The third-order valence-electron chi connectivity index (χ3n) is 2.52. The van der Waals surface area contributed by atoms with Crippen molar-refractivity contribution in [2.75, 3.05) is 13.2 Å². The molecule has 0 amide bonds. The van der Waals surface area contributed by atoms with Crippen molar-refractivity contribution in [1.29, 1.82) is 0 Å². The molecule has 2 aromatic rings. The summed E-state index contributed by atoms with van der Waals surface area (Å²) in [6.45, 7) is 0.667. The number of nitrogens with zero attached hydrogens (tertiary/aromatic N) is 2. The van der Waals surface area contributed by atoms with Gasteiger partial charge in [0, 0.05) is 8.95 Å². The van der Waals surface area contributed by atoms with Crippen molar-refractivity contribution in [2.24, 2.45) is 10.3 Å². The van der Waals surface area contributed by atoms with Gasteiger partial charge in [-0.15, -0.1) is 0 Å². The monoisotopic (exact) mass is 424 g/mol. The fraction of sp³-hybridized carbons (Fsp3) is 0.125. The Morgan fingerprint density at radius 2 is 1.23 bits per heavy atom. The lowest BCUT2D eigenvalue weighted by Crippen LogP contribution is -1.98. The first-order valence-electron chi connectivity index (χ1n) is 6.56. The summed E-state index contributed by atoms with van der Waals surface area (Å²) in [4.78, 5) is 10.2. The summed E-state index contributed by atoms with van der Waals surface area (Å²) in [5.41, 5.74) is 1.92. The van der Waals surface area contributed by atoms with E-state index in [0.29, 0.717) is 13.2 Å². The van der Waals surface area contributed by atoms with Gasteiger partial charge in [0.15, 0.2) is 13.2 Å². The highest BCUT2D eigenvalue weighted by Crippen LogP contribution is 2.10. The van der Waals surface area contributed by atoms with Crippen molar-refractivity contribution in [3.05, 3.63) is 68.6 Å². The molecule has 2 rings (SSSR count). The van der Waals surface area contributed by atoms with Gasteiger partial charge in [0.05, 0.1) is 12.4 Å². The number of benzene rings is 2. The molecule has 0 aliphatic carbocycles. The highest BCUT2D eigenvalue weighted by molar-refractivity contribution is 9.10. The van der Waals surface area contributed by atoms with E-state index in [-0.39, 0.29) is 0 Å². The maximum Gasteiger partial charge on any atom is 0.153 e. The van der Waals surface area contributed by atoms with Gasteiger partial charge in [0.2, 0.25) is 0 Å². The number of halogens is 2. The van der Waals surface area contributed by atoms with Crippen molar-refractivity contribution in [2.45, 2.75) is 0 Å². The van der Waals surface area contributed by atoms with Crippen LogP contribution in [0, 0.1) is 0 Å². The van der Waals surface area contributed by atoms with Crippen molar-refractivity contribution < 1.29 is 9.68 Å². The third-order valence-corrected chi connectivity index (χ3v) is 3.50. The molecule has 6 heteroatoms. The first-order valence-corrected chi connectivity index (χ1v) is 8.14. The van der Waals surface area contributed by atoms with Crippen LogP contribution in [0.3, 0.4) is 0 Å². The average molecular weight is 426 g/mol. The van der Waals surface area contributed by atoms with Gasteiger partial charge in [-0.2, -0.15) is 0 Å². The van der Waals surface area contributed by atoms with E-state index in [0.717, 1.165) is 20.1 Å². The maximum absolute atomic E-state index is 5.10. The van der Waals surface area contributed by atoms with E-state index in [2.05, 4.69) is 42.2 Å². The van der Waals surface area contributed by atoms with Crippen LogP contribution >= 0.6 is 31.9 Å². The number of hydrogen-bond acceptors (Lipinski definition) is 4. The minimum Gasteiger partial charge on any atom is -0.392 e. The quantitative estimate of drug-likeness (QED) is 0.369. The van der Waals surface area contributed by atoms with E-state index >= 15 is 0 Å². The highest BCUT2D eigenvalue weighted by atomic mass is 79.9. The summed E-state index contributed by atoms with van der Waals surface area (Å²) >= 11 is 6.79. The lowest BCUT2D eigenvalue weighted by Gasteiger charge is -1.99. The Morgan fingerprint density at radius 1 is 0.773 bits per heavy atom. The van der Waals surface area contributed by atoms with Crippen molar-refractivity contribution in [1.82, 2.24) is 0 Å². The average Bonchev–Trinajstić information content (AvgIpc) is 2.50. The van der Waals surface area contributed by atoms with Gasteiger partial charge in [-0.25, -0.2) is 0 Å². The van der Waals surface area contributed by atoms with Crippen molar-refractivity contribution in [3.8, 4) is 0 Å². The van der Waals surface area contributed by atoms with Gasteiger partial charge < -0.3 is 9.68 Å². The first kappa shape index (κ1) is 16.7. The fourth-order valence-corrected chi connectivity index (χ4v) is 2.38. The summed E-state index contributed by atoms with van der Waals surface area (Å²) in [7, 11) is 0. The molecule has 0 aliphatic heterocycles. The number of hydrogen-bond donors (Lipinski definition) is 0. The largest absolute Gasteiger partial charge is 0.392 e. The van der Waals surface area contributed by atoms with Gasteiger partial charge in [0.1, 0.15) is 0 Å². The van der Waals surface area contributed by atoms with Crippen LogP contribution in [0.4, 0.5) is 0 Å². The molecule has 114 valence electrons. The molecule has 0 aliphatic rings. The Balaban J connectivity index is 1.63. The van der Waals surface area contributed by atoms with E-state index < -0.39 is 0 Å². The van der Waals surface area contributed by atoms with Crippen LogP contribution in [0.2, 0.25) is 0 Å². The zero-order chi connectivity index (χ0) is 15.6. The summed E-state index contributed by atoms with van der Waals surface area (Å²) in [5, 5.41) is 7.73. The number of rotatable bonds is 7. The molecule has 4 nitrogen and oxygen atoms in total. The van der Waals surface area contributed by atoms with Gasteiger partial charge in [0.25, 0.3) is 0 Å². The summed E-state index contributed by atoms with van der Waals surface area (Å²) in [5.74, 6) is 0. The SMILES string of the molecule is Brc1cccc(/C=N/OCCO/N=C/c2cccc(Br)c2)c1. The van der Waals surface area contributed by atoms with Crippen molar-refractivity contribution >= 4 is 44.3 Å². The van der Waals surface area contributed by atoms with Gasteiger partial charge in [-0.05, 0) is 35.4 Å². The first-order chi connectivity index (χ1) is 10.7.